The molecule has 60 valence electrons. The molecule has 0 aromatic heterocycles. The smallest absolute Gasteiger partial charge is 0.0447 e. The molecule has 6 nitrogen and oxygen atoms in total. The number of hydrogen-bond donors (Lipinski definition) is 0. The van der Waals surface area contributed by atoms with Crippen molar-refractivity contribution >= 4 is 15.2 Å². The average molecular weight is 184 g/mol. The second-order valence-corrected chi connectivity index (χ2v) is 4.13. The van der Waals surface area contributed by atoms with E-state index in [0.29, 0.717) is 0 Å². The Morgan fingerprint density at radius 2 is 1.00 bits per heavy atom. The maximum Gasteiger partial charge on any atom is -0.0447 e. The third-order valence-corrected chi connectivity index (χ3v) is 1.70. The van der Waals surface area contributed by atoms with Crippen molar-refractivity contribution in [2.75, 3.05) is 0 Å². The lowest BCUT2D eigenvalue weighted by Crippen LogP contribution is -2.13. The van der Waals surface area contributed by atoms with Gasteiger partial charge in [-0.2, -0.15) is 0 Å². The Kier molecular flexibility index (Phi) is 2.98. The fourth-order valence-corrected chi connectivity index (χ4v) is 1.47. The maximum atomic E-state index is 9.66. The quantitative estimate of drug-likeness (QED) is 0.429. The van der Waals surface area contributed by atoms with Gasteiger partial charge in [0.25, 0.3) is 0 Å². The molecule has 0 saturated carbocycles. The first-order valence-electron chi connectivity index (χ1n) is 1.95. The fraction of sp³-hybridized carbons (Fsp3) is 0. The summed E-state index contributed by atoms with van der Waals surface area (Å²) in [6.07, 6.45) is 0. The molecular formula is C2H2O6P2-4. The van der Waals surface area contributed by atoms with Gasteiger partial charge in [0.15, 0.2) is 0 Å². The molecule has 10 heavy (non-hydrogen) atoms. The summed E-state index contributed by atoms with van der Waals surface area (Å²) in [6, 6.07) is 0. The van der Waals surface area contributed by atoms with Crippen LogP contribution in [0.5, 0.6) is 0 Å². The first-order chi connectivity index (χ1) is 4.21. The molecule has 0 rings (SSSR count). The highest BCUT2D eigenvalue weighted by Crippen LogP contribution is 2.33. The van der Waals surface area contributed by atoms with Gasteiger partial charge in [-0.15, -0.1) is 0 Å². The summed E-state index contributed by atoms with van der Waals surface area (Å²) in [5.41, 5.74) is 0. The zero-order valence-electron chi connectivity index (χ0n) is 4.50. The summed E-state index contributed by atoms with van der Waals surface area (Å²) in [5, 5.41) is 0. The van der Waals surface area contributed by atoms with Crippen molar-refractivity contribution in [3.8, 4) is 0 Å². The Hall–Kier alpha value is 0.0400. The van der Waals surface area contributed by atoms with Crippen molar-refractivity contribution in [1.82, 2.24) is 0 Å². The molecule has 0 atom stereocenters. The summed E-state index contributed by atoms with van der Waals surface area (Å²) in [7, 11) is -10.0. The van der Waals surface area contributed by atoms with E-state index >= 15 is 0 Å². The predicted octanol–water partition coefficient (Wildman–Crippen LogP) is -2.71. The highest BCUT2D eigenvalue weighted by molar-refractivity contribution is 7.56. The molecular weight excluding hydrogens is 182 g/mol. The van der Waals surface area contributed by atoms with E-state index in [4.69, 9.17) is 0 Å². The third kappa shape index (κ3) is 8.04. The molecule has 0 radical (unpaired) electrons. The van der Waals surface area contributed by atoms with E-state index < -0.39 is 15.2 Å². The van der Waals surface area contributed by atoms with Gasteiger partial charge in [0.1, 0.15) is 0 Å². The van der Waals surface area contributed by atoms with E-state index in [9.17, 15) is 28.7 Å². The van der Waals surface area contributed by atoms with Crippen LogP contribution in [0.2, 0.25) is 0 Å². The lowest BCUT2D eigenvalue weighted by molar-refractivity contribution is -0.312. The number of hydrogen-bond acceptors (Lipinski definition) is 6. The van der Waals surface area contributed by atoms with E-state index in [1.165, 1.54) is 0 Å². The molecule has 0 aromatic rings. The molecule has 0 fully saturated rings. The summed E-state index contributed by atoms with van der Waals surface area (Å²) < 4.78 is 19.3. The minimum absolute atomic E-state index is 0.173. The SMILES string of the molecule is O=P([O-])([O-])/C=C/P(=O)([O-])[O-]. The maximum absolute atomic E-state index is 9.66. The molecule has 8 heteroatoms. The minimum atomic E-state index is -5.01. The van der Waals surface area contributed by atoms with Gasteiger partial charge in [0.05, 0.1) is 0 Å². The van der Waals surface area contributed by atoms with Crippen LogP contribution in [0.25, 0.3) is 0 Å². The van der Waals surface area contributed by atoms with Crippen LogP contribution < -0.4 is 19.6 Å². The van der Waals surface area contributed by atoms with Crippen LogP contribution in [-0.4, -0.2) is 0 Å². The zero-order valence-corrected chi connectivity index (χ0v) is 6.29. The second kappa shape index (κ2) is 2.96. The third-order valence-electron chi connectivity index (χ3n) is 0.432. The molecule has 0 bridgehead atoms. The van der Waals surface area contributed by atoms with Crippen LogP contribution in [0.1, 0.15) is 0 Å². The van der Waals surface area contributed by atoms with Crippen molar-refractivity contribution in [3.05, 3.63) is 11.6 Å². The van der Waals surface area contributed by atoms with Crippen molar-refractivity contribution < 1.29 is 28.7 Å². The number of rotatable bonds is 2. The van der Waals surface area contributed by atoms with Crippen LogP contribution in [-0.2, 0) is 9.13 Å². The minimum Gasteiger partial charge on any atom is -0.808 e. The van der Waals surface area contributed by atoms with E-state index in [-0.39, 0.29) is 11.6 Å². The molecule has 0 heterocycles. The first kappa shape index (κ1) is 10.0. The molecule has 0 aliphatic carbocycles. The van der Waals surface area contributed by atoms with Crippen molar-refractivity contribution in [1.29, 1.82) is 0 Å². The van der Waals surface area contributed by atoms with Gasteiger partial charge < -0.3 is 28.7 Å². The molecule has 0 N–H and O–H groups in total. The van der Waals surface area contributed by atoms with Gasteiger partial charge in [-0.25, -0.2) is 0 Å². The van der Waals surface area contributed by atoms with E-state index in [2.05, 4.69) is 0 Å². The normalized spacial score (nSPS) is 14.4. The Bertz CT molecular complexity index is 194. The van der Waals surface area contributed by atoms with E-state index in [1.54, 1.807) is 0 Å². The standard InChI is InChI=1S/C2H6O6P2/c3-9(4,5)1-2-10(6,7)8/h1-2H,(H2,3,4,5)(H2,6,7,8)/p-4/b2-1+. The van der Waals surface area contributed by atoms with Crippen molar-refractivity contribution in [2.24, 2.45) is 0 Å². The lowest BCUT2D eigenvalue weighted by Gasteiger charge is -2.29. The van der Waals surface area contributed by atoms with Gasteiger partial charge in [0, 0.05) is 0 Å². The van der Waals surface area contributed by atoms with Crippen molar-refractivity contribution in [3.63, 3.8) is 0 Å². The van der Waals surface area contributed by atoms with Crippen LogP contribution in [0.3, 0.4) is 0 Å². The largest absolute Gasteiger partial charge is 0.808 e. The highest BCUT2D eigenvalue weighted by Gasteiger charge is 1.82. The monoisotopic (exact) mass is 184 g/mol. The predicted molar refractivity (Wildman–Crippen MR) is 24.4 cm³/mol. The van der Waals surface area contributed by atoms with Crippen LogP contribution >= 0.6 is 15.2 Å². The summed E-state index contributed by atoms with van der Waals surface area (Å²) in [5.74, 6) is -0.346. The van der Waals surface area contributed by atoms with E-state index in [1.807, 2.05) is 0 Å². The highest BCUT2D eigenvalue weighted by atomic mass is 31.2. The second-order valence-electron chi connectivity index (χ2n) is 1.38. The van der Waals surface area contributed by atoms with Gasteiger partial charge in [-0.05, 0) is 15.2 Å². The Balaban J connectivity index is 4.31. The van der Waals surface area contributed by atoms with Crippen LogP contribution in [0.15, 0.2) is 11.6 Å². The van der Waals surface area contributed by atoms with Gasteiger partial charge in [-0.1, -0.05) is 11.6 Å². The van der Waals surface area contributed by atoms with Gasteiger partial charge >= 0.3 is 0 Å². The molecule has 0 aliphatic heterocycles. The summed E-state index contributed by atoms with van der Waals surface area (Å²) in [4.78, 5) is 38.7. The average Bonchev–Trinajstić information content (AvgIpc) is 1.57. The van der Waals surface area contributed by atoms with Gasteiger partial charge in [0.2, 0.25) is 0 Å². The Labute approximate surface area is 56.5 Å². The molecule has 0 aromatic carbocycles. The summed E-state index contributed by atoms with van der Waals surface area (Å²) >= 11 is 0. The molecule has 0 spiro atoms. The molecule has 0 unspecified atom stereocenters. The van der Waals surface area contributed by atoms with Crippen molar-refractivity contribution in [2.45, 2.75) is 0 Å². The molecule has 0 aliphatic rings. The topological polar surface area (TPSA) is 126 Å². The first-order valence-corrected chi connectivity index (χ1v) is 5.17. The van der Waals surface area contributed by atoms with Gasteiger partial charge in [-0.3, -0.25) is 0 Å². The lowest BCUT2D eigenvalue weighted by atomic mass is 11.3. The summed E-state index contributed by atoms with van der Waals surface area (Å²) in [6.45, 7) is 0. The Morgan fingerprint density at radius 3 is 1.10 bits per heavy atom. The fourth-order valence-electron chi connectivity index (χ4n) is 0.163. The molecule has 0 saturated heterocycles. The van der Waals surface area contributed by atoms with Crippen LogP contribution in [0, 0.1) is 0 Å². The zero-order chi connectivity index (χ0) is 8.41. The molecule has 0 amide bonds. The van der Waals surface area contributed by atoms with E-state index in [0.717, 1.165) is 0 Å². The van der Waals surface area contributed by atoms with Crippen LogP contribution in [0.4, 0.5) is 0 Å². The Morgan fingerprint density at radius 1 is 0.800 bits per heavy atom.